The van der Waals surface area contributed by atoms with Gasteiger partial charge in [-0.2, -0.15) is 0 Å². The second-order valence-corrected chi connectivity index (χ2v) is 7.27. The molecule has 8 heteroatoms. The SMILES string of the molecule is Cc1ccc(S(=O)(=O)NCCc2nnc3ccccn23)c(Cl)c1. The first-order chi connectivity index (χ1) is 11.0. The van der Waals surface area contributed by atoms with E-state index in [1.165, 1.54) is 6.07 Å². The Labute approximate surface area is 139 Å². The molecule has 2 aromatic heterocycles. The highest BCUT2D eigenvalue weighted by molar-refractivity contribution is 7.89. The Balaban J connectivity index is 1.72. The van der Waals surface area contributed by atoms with Gasteiger partial charge in [-0.15, -0.1) is 10.2 Å². The molecular formula is C15H15ClN4O2S. The quantitative estimate of drug-likeness (QED) is 0.765. The smallest absolute Gasteiger partial charge is 0.242 e. The van der Waals surface area contributed by atoms with Crippen molar-refractivity contribution in [2.24, 2.45) is 0 Å². The fourth-order valence-corrected chi connectivity index (χ4v) is 3.89. The molecule has 0 aliphatic carbocycles. The zero-order valence-electron chi connectivity index (χ0n) is 12.4. The summed E-state index contributed by atoms with van der Waals surface area (Å²) in [4.78, 5) is 0.0795. The van der Waals surface area contributed by atoms with Gasteiger partial charge in [0, 0.05) is 19.2 Å². The number of fused-ring (bicyclic) bond motifs is 1. The van der Waals surface area contributed by atoms with Gasteiger partial charge in [-0.05, 0) is 36.8 Å². The molecule has 0 bridgehead atoms. The molecule has 23 heavy (non-hydrogen) atoms. The van der Waals surface area contributed by atoms with Gasteiger partial charge in [0.1, 0.15) is 10.7 Å². The third-order valence-corrected chi connectivity index (χ3v) is 5.35. The minimum absolute atomic E-state index is 0.0795. The number of benzene rings is 1. The highest BCUT2D eigenvalue weighted by Gasteiger charge is 2.17. The molecule has 0 unspecified atom stereocenters. The lowest BCUT2D eigenvalue weighted by Crippen LogP contribution is -2.26. The molecule has 0 spiro atoms. The first-order valence-electron chi connectivity index (χ1n) is 7.02. The maximum Gasteiger partial charge on any atom is 0.242 e. The van der Waals surface area contributed by atoms with E-state index in [1.54, 1.807) is 12.1 Å². The van der Waals surface area contributed by atoms with Crippen LogP contribution in [0.4, 0.5) is 0 Å². The second kappa shape index (κ2) is 6.27. The molecule has 0 aliphatic heterocycles. The van der Waals surface area contributed by atoms with Crippen LogP contribution >= 0.6 is 11.6 Å². The number of hydrogen-bond acceptors (Lipinski definition) is 4. The van der Waals surface area contributed by atoms with Gasteiger partial charge in [0.05, 0.1) is 5.02 Å². The highest BCUT2D eigenvalue weighted by atomic mass is 35.5. The van der Waals surface area contributed by atoms with Gasteiger partial charge in [-0.1, -0.05) is 23.7 Å². The van der Waals surface area contributed by atoms with E-state index in [1.807, 2.05) is 35.7 Å². The molecule has 1 aromatic carbocycles. The fraction of sp³-hybridized carbons (Fsp3) is 0.200. The summed E-state index contributed by atoms with van der Waals surface area (Å²) in [6, 6.07) is 10.4. The first-order valence-corrected chi connectivity index (χ1v) is 8.88. The maximum atomic E-state index is 12.3. The summed E-state index contributed by atoms with van der Waals surface area (Å²) in [5.74, 6) is 0.693. The van der Waals surface area contributed by atoms with E-state index in [0.717, 1.165) is 11.2 Å². The number of pyridine rings is 1. The number of aromatic nitrogens is 3. The van der Waals surface area contributed by atoms with Gasteiger partial charge in [-0.3, -0.25) is 4.40 Å². The van der Waals surface area contributed by atoms with Crippen LogP contribution in [-0.4, -0.2) is 29.6 Å². The second-order valence-electron chi connectivity index (χ2n) is 5.13. The third kappa shape index (κ3) is 3.36. The van der Waals surface area contributed by atoms with Gasteiger partial charge in [0.15, 0.2) is 5.65 Å². The van der Waals surface area contributed by atoms with Crippen molar-refractivity contribution in [3.05, 3.63) is 59.0 Å². The van der Waals surface area contributed by atoms with Crippen LogP contribution in [0.15, 0.2) is 47.5 Å². The Kier molecular flexibility index (Phi) is 4.34. The molecule has 0 fully saturated rings. The van der Waals surface area contributed by atoms with Crippen molar-refractivity contribution in [1.82, 2.24) is 19.3 Å². The monoisotopic (exact) mass is 350 g/mol. The molecule has 0 saturated carbocycles. The molecule has 120 valence electrons. The molecule has 3 rings (SSSR count). The highest BCUT2D eigenvalue weighted by Crippen LogP contribution is 2.22. The van der Waals surface area contributed by atoms with E-state index in [0.29, 0.717) is 12.2 Å². The summed E-state index contributed by atoms with van der Waals surface area (Å²) in [5, 5.41) is 8.31. The maximum absolute atomic E-state index is 12.3. The average Bonchev–Trinajstić information content (AvgIpc) is 2.90. The average molecular weight is 351 g/mol. The Hall–Kier alpha value is -1.96. The summed E-state index contributed by atoms with van der Waals surface area (Å²) in [6.07, 6.45) is 2.27. The lowest BCUT2D eigenvalue weighted by molar-refractivity contribution is 0.580. The van der Waals surface area contributed by atoms with Gasteiger partial charge < -0.3 is 0 Å². The van der Waals surface area contributed by atoms with Gasteiger partial charge in [0.2, 0.25) is 10.0 Å². The fourth-order valence-electron chi connectivity index (χ4n) is 2.26. The van der Waals surface area contributed by atoms with Crippen molar-refractivity contribution in [3.63, 3.8) is 0 Å². The first kappa shape index (κ1) is 15.9. The zero-order chi connectivity index (χ0) is 16.4. The van der Waals surface area contributed by atoms with Crippen LogP contribution < -0.4 is 4.72 Å². The molecule has 3 aromatic rings. The lowest BCUT2D eigenvalue weighted by atomic mass is 10.2. The Morgan fingerprint density at radius 1 is 1.22 bits per heavy atom. The van der Waals surface area contributed by atoms with Crippen LogP contribution in [0.3, 0.4) is 0 Å². The van der Waals surface area contributed by atoms with Gasteiger partial charge in [-0.25, -0.2) is 13.1 Å². The molecule has 0 atom stereocenters. The Morgan fingerprint density at radius 2 is 2.04 bits per heavy atom. The van der Waals surface area contributed by atoms with Crippen LogP contribution in [0.2, 0.25) is 5.02 Å². The van der Waals surface area contributed by atoms with Crippen LogP contribution in [-0.2, 0) is 16.4 Å². The minimum atomic E-state index is -3.65. The van der Waals surface area contributed by atoms with E-state index in [-0.39, 0.29) is 16.5 Å². The van der Waals surface area contributed by atoms with E-state index in [4.69, 9.17) is 11.6 Å². The van der Waals surface area contributed by atoms with Crippen LogP contribution in [0.1, 0.15) is 11.4 Å². The molecular weight excluding hydrogens is 336 g/mol. The molecule has 0 saturated heterocycles. The molecule has 0 aliphatic rings. The predicted molar refractivity (Wildman–Crippen MR) is 88.1 cm³/mol. The van der Waals surface area contributed by atoms with Crippen molar-refractivity contribution in [2.45, 2.75) is 18.2 Å². The van der Waals surface area contributed by atoms with E-state index < -0.39 is 10.0 Å². The standard InChI is InChI=1S/C15H15ClN4O2S/c1-11-5-6-13(12(16)10-11)23(21,22)17-8-7-15-19-18-14-4-2-3-9-20(14)15/h2-6,9-10,17H,7-8H2,1H3. The van der Waals surface area contributed by atoms with E-state index in [2.05, 4.69) is 14.9 Å². The molecule has 2 heterocycles. The lowest BCUT2D eigenvalue weighted by Gasteiger charge is -2.08. The minimum Gasteiger partial charge on any atom is -0.286 e. The third-order valence-electron chi connectivity index (χ3n) is 3.40. The van der Waals surface area contributed by atoms with Crippen molar-refractivity contribution < 1.29 is 8.42 Å². The topological polar surface area (TPSA) is 76.4 Å². The Morgan fingerprint density at radius 3 is 2.83 bits per heavy atom. The Bertz CT molecular complexity index is 953. The number of aryl methyl sites for hydroxylation is 1. The summed E-state index contributed by atoms with van der Waals surface area (Å²) >= 11 is 6.03. The number of sulfonamides is 1. The molecule has 1 N–H and O–H groups in total. The largest absolute Gasteiger partial charge is 0.286 e. The number of nitrogens with zero attached hydrogens (tertiary/aromatic N) is 3. The van der Waals surface area contributed by atoms with Crippen molar-refractivity contribution in [1.29, 1.82) is 0 Å². The number of rotatable bonds is 5. The summed E-state index contributed by atoms with van der Waals surface area (Å²) < 4.78 is 29.0. The molecule has 0 amide bonds. The summed E-state index contributed by atoms with van der Waals surface area (Å²) in [5.41, 5.74) is 1.64. The zero-order valence-corrected chi connectivity index (χ0v) is 14.0. The summed E-state index contributed by atoms with van der Waals surface area (Å²) in [6.45, 7) is 2.06. The molecule has 0 radical (unpaired) electrons. The van der Waals surface area contributed by atoms with E-state index >= 15 is 0 Å². The van der Waals surface area contributed by atoms with E-state index in [9.17, 15) is 8.42 Å². The predicted octanol–water partition coefficient (Wildman–Crippen LogP) is 2.21. The van der Waals surface area contributed by atoms with Crippen molar-refractivity contribution >= 4 is 27.3 Å². The van der Waals surface area contributed by atoms with Crippen LogP contribution in [0.25, 0.3) is 5.65 Å². The van der Waals surface area contributed by atoms with Gasteiger partial charge >= 0.3 is 0 Å². The van der Waals surface area contributed by atoms with Crippen LogP contribution in [0.5, 0.6) is 0 Å². The van der Waals surface area contributed by atoms with Crippen molar-refractivity contribution in [3.8, 4) is 0 Å². The number of nitrogens with one attached hydrogen (secondary N) is 1. The van der Waals surface area contributed by atoms with Gasteiger partial charge in [0.25, 0.3) is 0 Å². The number of halogens is 1. The van der Waals surface area contributed by atoms with Crippen LogP contribution in [0, 0.1) is 6.92 Å². The summed E-state index contributed by atoms with van der Waals surface area (Å²) in [7, 11) is -3.65. The normalized spacial score (nSPS) is 11.9. The number of hydrogen-bond donors (Lipinski definition) is 1. The molecule has 6 nitrogen and oxygen atoms in total. The van der Waals surface area contributed by atoms with Crippen molar-refractivity contribution in [2.75, 3.05) is 6.54 Å².